The number of thioether (sulfide) groups is 1. The highest BCUT2D eigenvalue weighted by Crippen LogP contribution is 2.20. The molecule has 1 aromatic heterocycles. The quantitative estimate of drug-likeness (QED) is 0.303. The average molecular weight is 464 g/mol. The molecule has 0 fully saturated rings. The lowest BCUT2D eigenvalue weighted by Crippen LogP contribution is -2.25. The van der Waals surface area contributed by atoms with Gasteiger partial charge >= 0.3 is 0 Å². The van der Waals surface area contributed by atoms with Crippen molar-refractivity contribution in [1.29, 1.82) is 0 Å². The zero-order chi connectivity index (χ0) is 23.2. The highest BCUT2D eigenvalue weighted by atomic mass is 32.2. The number of hydrogen-bond acceptors (Lipinski definition) is 5. The summed E-state index contributed by atoms with van der Waals surface area (Å²) in [5.41, 5.74) is 1.77. The van der Waals surface area contributed by atoms with Crippen LogP contribution < -0.4 is 15.6 Å². The van der Waals surface area contributed by atoms with Crippen LogP contribution in [0.5, 0.6) is 5.75 Å². The van der Waals surface area contributed by atoms with Crippen LogP contribution in [0.25, 0.3) is 10.9 Å². The predicted molar refractivity (Wildman–Crippen MR) is 128 cm³/mol. The molecule has 0 saturated heterocycles. The van der Waals surface area contributed by atoms with Gasteiger partial charge in [0, 0.05) is 5.69 Å². The number of ether oxygens (including phenoxy) is 1. The van der Waals surface area contributed by atoms with Crippen LogP contribution in [0.2, 0.25) is 0 Å². The highest BCUT2D eigenvalue weighted by molar-refractivity contribution is 7.99. The molecule has 0 aliphatic rings. The SMILES string of the molecule is CCOc1ccc(NC(=O)CSc2nc3ccccc3c(=O)n2Cc2ccc(F)cc2)cc1. The minimum Gasteiger partial charge on any atom is -0.494 e. The van der Waals surface area contributed by atoms with Gasteiger partial charge in [0.1, 0.15) is 11.6 Å². The predicted octanol–water partition coefficient (Wildman–Crippen LogP) is 4.71. The number of aromatic nitrogens is 2. The van der Waals surface area contributed by atoms with E-state index >= 15 is 0 Å². The molecular weight excluding hydrogens is 441 g/mol. The topological polar surface area (TPSA) is 73.2 Å². The molecule has 8 heteroatoms. The number of nitrogens with zero attached hydrogens (tertiary/aromatic N) is 2. The molecule has 1 heterocycles. The molecule has 0 bridgehead atoms. The average Bonchev–Trinajstić information content (AvgIpc) is 2.82. The molecule has 168 valence electrons. The molecule has 0 aliphatic heterocycles. The van der Waals surface area contributed by atoms with Gasteiger partial charge in [0.15, 0.2) is 5.16 Å². The standard InChI is InChI=1S/C25H22FN3O3S/c1-2-32-20-13-11-19(12-14-20)27-23(30)16-33-25-28-22-6-4-3-5-21(22)24(31)29(25)15-17-7-9-18(26)10-8-17/h3-14H,2,15-16H2,1H3,(H,27,30). The molecular formula is C25H22FN3O3S. The molecule has 33 heavy (non-hydrogen) atoms. The third kappa shape index (κ3) is 5.59. The summed E-state index contributed by atoms with van der Waals surface area (Å²) in [7, 11) is 0. The first-order valence-corrected chi connectivity index (χ1v) is 11.4. The number of benzene rings is 3. The van der Waals surface area contributed by atoms with E-state index in [4.69, 9.17) is 4.74 Å². The number of halogens is 1. The first-order valence-electron chi connectivity index (χ1n) is 10.4. The fraction of sp³-hybridized carbons (Fsp3) is 0.160. The third-order valence-corrected chi connectivity index (χ3v) is 5.84. The van der Waals surface area contributed by atoms with Gasteiger partial charge in [0.25, 0.3) is 5.56 Å². The molecule has 0 spiro atoms. The van der Waals surface area contributed by atoms with Gasteiger partial charge in [-0.2, -0.15) is 0 Å². The van der Waals surface area contributed by atoms with Gasteiger partial charge in [-0.1, -0.05) is 36.0 Å². The molecule has 0 saturated carbocycles. The fourth-order valence-corrected chi connectivity index (χ4v) is 4.10. The highest BCUT2D eigenvalue weighted by Gasteiger charge is 2.14. The van der Waals surface area contributed by atoms with Crippen LogP contribution in [0, 0.1) is 5.82 Å². The Hall–Kier alpha value is -3.65. The number of fused-ring (bicyclic) bond motifs is 1. The summed E-state index contributed by atoms with van der Waals surface area (Å²) in [6.45, 7) is 2.70. The van der Waals surface area contributed by atoms with Gasteiger partial charge in [-0.25, -0.2) is 9.37 Å². The second-order valence-corrected chi connectivity index (χ2v) is 8.17. The van der Waals surface area contributed by atoms with Crippen molar-refractivity contribution >= 4 is 34.3 Å². The van der Waals surface area contributed by atoms with Crippen molar-refractivity contribution in [3.63, 3.8) is 0 Å². The van der Waals surface area contributed by atoms with Crippen molar-refractivity contribution in [2.24, 2.45) is 0 Å². The van der Waals surface area contributed by atoms with Crippen molar-refractivity contribution in [2.75, 3.05) is 17.7 Å². The molecule has 0 unspecified atom stereocenters. The van der Waals surface area contributed by atoms with E-state index < -0.39 is 0 Å². The number of nitrogens with one attached hydrogen (secondary N) is 1. The normalized spacial score (nSPS) is 10.8. The van der Waals surface area contributed by atoms with Crippen molar-refractivity contribution in [2.45, 2.75) is 18.6 Å². The van der Waals surface area contributed by atoms with Crippen LogP contribution in [0.4, 0.5) is 10.1 Å². The zero-order valence-electron chi connectivity index (χ0n) is 18.0. The summed E-state index contributed by atoms with van der Waals surface area (Å²) >= 11 is 1.18. The van der Waals surface area contributed by atoms with Gasteiger partial charge in [0.2, 0.25) is 5.91 Å². The Labute approximate surface area is 194 Å². The maximum absolute atomic E-state index is 13.3. The molecule has 3 aromatic carbocycles. The van der Waals surface area contributed by atoms with Crippen LogP contribution in [0.1, 0.15) is 12.5 Å². The van der Waals surface area contributed by atoms with E-state index in [1.165, 1.54) is 28.5 Å². The number of anilines is 1. The summed E-state index contributed by atoms with van der Waals surface area (Å²) in [4.78, 5) is 30.3. The molecule has 0 aliphatic carbocycles. The summed E-state index contributed by atoms with van der Waals surface area (Å²) in [6, 6.07) is 20.2. The van der Waals surface area contributed by atoms with Gasteiger partial charge in [-0.05, 0) is 61.0 Å². The second-order valence-electron chi connectivity index (χ2n) is 7.22. The molecule has 4 aromatic rings. The Bertz CT molecular complexity index is 1320. The first kappa shape index (κ1) is 22.5. The number of para-hydroxylation sites is 1. The van der Waals surface area contributed by atoms with Crippen molar-refractivity contribution < 1.29 is 13.9 Å². The van der Waals surface area contributed by atoms with E-state index in [-0.39, 0.29) is 29.6 Å². The number of amides is 1. The van der Waals surface area contributed by atoms with Crippen LogP contribution in [0.3, 0.4) is 0 Å². The van der Waals surface area contributed by atoms with E-state index in [9.17, 15) is 14.0 Å². The van der Waals surface area contributed by atoms with Crippen LogP contribution in [-0.4, -0.2) is 27.8 Å². The number of carbonyl (C=O) groups is 1. The monoisotopic (exact) mass is 463 g/mol. The Morgan fingerprint density at radius 3 is 2.52 bits per heavy atom. The molecule has 1 N–H and O–H groups in total. The van der Waals surface area contributed by atoms with E-state index in [1.807, 2.05) is 13.0 Å². The van der Waals surface area contributed by atoms with Gasteiger partial charge in [-0.15, -0.1) is 0 Å². The summed E-state index contributed by atoms with van der Waals surface area (Å²) < 4.78 is 20.2. The summed E-state index contributed by atoms with van der Waals surface area (Å²) in [5.74, 6) is 0.236. The summed E-state index contributed by atoms with van der Waals surface area (Å²) in [6.07, 6.45) is 0. The Morgan fingerprint density at radius 2 is 1.79 bits per heavy atom. The smallest absolute Gasteiger partial charge is 0.262 e. The lowest BCUT2D eigenvalue weighted by Gasteiger charge is -2.13. The molecule has 6 nitrogen and oxygen atoms in total. The Balaban J connectivity index is 1.54. The van der Waals surface area contributed by atoms with Crippen LogP contribution in [-0.2, 0) is 11.3 Å². The molecule has 0 radical (unpaired) electrons. The third-order valence-electron chi connectivity index (χ3n) is 4.86. The molecule has 1 amide bonds. The zero-order valence-corrected chi connectivity index (χ0v) is 18.8. The first-order chi connectivity index (χ1) is 16.0. The van der Waals surface area contributed by atoms with E-state index in [0.29, 0.717) is 28.4 Å². The van der Waals surface area contributed by atoms with Crippen LogP contribution >= 0.6 is 11.8 Å². The van der Waals surface area contributed by atoms with E-state index in [1.54, 1.807) is 54.6 Å². The number of rotatable bonds is 8. The number of carbonyl (C=O) groups excluding carboxylic acids is 1. The van der Waals surface area contributed by atoms with Gasteiger partial charge in [0.05, 0.1) is 29.8 Å². The molecule has 0 atom stereocenters. The number of hydrogen-bond donors (Lipinski definition) is 1. The maximum Gasteiger partial charge on any atom is 0.262 e. The largest absolute Gasteiger partial charge is 0.494 e. The Kier molecular flexibility index (Phi) is 7.04. The fourth-order valence-electron chi connectivity index (χ4n) is 3.30. The maximum atomic E-state index is 13.3. The van der Waals surface area contributed by atoms with Crippen molar-refractivity contribution in [1.82, 2.24) is 9.55 Å². The van der Waals surface area contributed by atoms with Crippen LogP contribution in [0.15, 0.2) is 82.7 Å². The van der Waals surface area contributed by atoms with Crippen molar-refractivity contribution in [3.8, 4) is 5.75 Å². The minimum atomic E-state index is -0.344. The van der Waals surface area contributed by atoms with Gasteiger partial charge in [-0.3, -0.25) is 14.2 Å². The lowest BCUT2D eigenvalue weighted by atomic mass is 10.2. The Morgan fingerprint density at radius 1 is 1.06 bits per heavy atom. The van der Waals surface area contributed by atoms with Gasteiger partial charge < -0.3 is 10.1 Å². The van der Waals surface area contributed by atoms with Crippen molar-refractivity contribution in [3.05, 3.63) is 94.5 Å². The van der Waals surface area contributed by atoms with E-state index in [2.05, 4.69) is 10.3 Å². The van der Waals surface area contributed by atoms with E-state index in [0.717, 1.165) is 11.3 Å². The molecule has 4 rings (SSSR count). The minimum absolute atomic E-state index is 0.0708. The lowest BCUT2D eigenvalue weighted by molar-refractivity contribution is -0.113. The second kappa shape index (κ2) is 10.3. The summed E-state index contributed by atoms with van der Waals surface area (Å²) in [5, 5.41) is 3.75.